The van der Waals surface area contributed by atoms with Crippen LogP contribution < -0.4 is 10.2 Å². The summed E-state index contributed by atoms with van der Waals surface area (Å²) in [4.78, 5) is 16.3. The molecule has 1 aliphatic heterocycles. The topological polar surface area (TPSA) is 55.8 Å². The van der Waals surface area contributed by atoms with Crippen molar-refractivity contribution in [2.24, 2.45) is 0 Å². The third kappa shape index (κ3) is 5.36. The van der Waals surface area contributed by atoms with Gasteiger partial charge in [-0.3, -0.25) is 9.69 Å². The van der Waals surface area contributed by atoms with Gasteiger partial charge in [0.2, 0.25) is 5.91 Å². The number of carbonyl (C=O) groups is 1. The Hall–Kier alpha value is -1.59. The Balaban J connectivity index is 1.64. The molecule has 1 aromatic rings. The van der Waals surface area contributed by atoms with E-state index in [1.165, 1.54) is 5.69 Å². The van der Waals surface area contributed by atoms with Gasteiger partial charge < -0.3 is 15.3 Å². The van der Waals surface area contributed by atoms with Crippen LogP contribution in [0.2, 0.25) is 0 Å². The lowest BCUT2D eigenvalue weighted by Crippen LogP contribution is -2.47. The molecule has 2 rings (SSSR count). The third-order valence-electron chi connectivity index (χ3n) is 3.81. The molecular weight excluding hydrogens is 266 g/mol. The summed E-state index contributed by atoms with van der Waals surface area (Å²) in [7, 11) is 0. The van der Waals surface area contributed by atoms with Gasteiger partial charge in [0.05, 0.1) is 0 Å². The van der Waals surface area contributed by atoms with E-state index in [-0.39, 0.29) is 12.5 Å². The zero-order valence-corrected chi connectivity index (χ0v) is 12.5. The molecule has 1 aliphatic rings. The fourth-order valence-corrected chi connectivity index (χ4v) is 2.52. The molecule has 0 unspecified atom stereocenters. The number of benzene rings is 1. The first-order valence-electron chi connectivity index (χ1n) is 7.69. The highest BCUT2D eigenvalue weighted by atomic mass is 16.3. The second kappa shape index (κ2) is 8.64. The minimum Gasteiger partial charge on any atom is -0.396 e. The van der Waals surface area contributed by atoms with Crippen LogP contribution in [-0.2, 0) is 4.79 Å². The maximum Gasteiger partial charge on any atom is 0.221 e. The minimum absolute atomic E-state index is 0.0777. The molecule has 21 heavy (non-hydrogen) atoms. The lowest BCUT2D eigenvalue weighted by atomic mass is 10.2. The van der Waals surface area contributed by atoms with Crippen molar-refractivity contribution >= 4 is 11.6 Å². The van der Waals surface area contributed by atoms with Crippen LogP contribution in [0, 0.1) is 0 Å². The molecule has 0 bridgehead atoms. The van der Waals surface area contributed by atoms with Crippen LogP contribution in [0.1, 0.15) is 12.8 Å². The second-order valence-electron chi connectivity index (χ2n) is 5.34. The van der Waals surface area contributed by atoms with E-state index < -0.39 is 0 Å². The lowest BCUT2D eigenvalue weighted by molar-refractivity contribution is -0.121. The molecule has 5 nitrogen and oxygen atoms in total. The molecule has 1 aromatic carbocycles. The molecule has 0 aliphatic carbocycles. The number of rotatable bonds is 7. The number of anilines is 1. The molecule has 0 radical (unpaired) electrons. The maximum atomic E-state index is 11.6. The number of aliphatic hydroxyl groups excluding tert-OH is 1. The molecule has 1 saturated heterocycles. The van der Waals surface area contributed by atoms with Crippen molar-refractivity contribution in [2.75, 3.05) is 50.8 Å². The summed E-state index contributed by atoms with van der Waals surface area (Å²) in [5.74, 6) is 0.0777. The first-order valence-corrected chi connectivity index (χ1v) is 7.69. The summed E-state index contributed by atoms with van der Waals surface area (Å²) < 4.78 is 0. The van der Waals surface area contributed by atoms with Crippen LogP contribution in [0.15, 0.2) is 30.3 Å². The van der Waals surface area contributed by atoms with Gasteiger partial charge in [-0.25, -0.2) is 0 Å². The standard InChI is InChI=1S/C16H25N3O2/c20-14-4-8-17-16(21)7-9-18-10-12-19(13-11-18)15-5-2-1-3-6-15/h1-3,5-6,20H,4,7-14H2,(H,17,21). The minimum atomic E-state index is 0.0777. The van der Waals surface area contributed by atoms with E-state index in [0.717, 1.165) is 32.7 Å². The maximum absolute atomic E-state index is 11.6. The van der Waals surface area contributed by atoms with E-state index in [4.69, 9.17) is 5.11 Å². The van der Waals surface area contributed by atoms with Crippen molar-refractivity contribution in [3.63, 3.8) is 0 Å². The number of piperazine rings is 1. The monoisotopic (exact) mass is 291 g/mol. The van der Waals surface area contributed by atoms with E-state index >= 15 is 0 Å². The largest absolute Gasteiger partial charge is 0.396 e. The number of aliphatic hydroxyl groups is 1. The van der Waals surface area contributed by atoms with Crippen LogP contribution in [-0.4, -0.2) is 61.8 Å². The zero-order chi connectivity index (χ0) is 14.9. The summed E-state index contributed by atoms with van der Waals surface area (Å²) in [6.07, 6.45) is 1.16. The fraction of sp³-hybridized carbons (Fsp3) is 0.562. The average molecular weight is 291 g/mol. The Bertz CT molecular complexity index is 417. The Morgan fingerprint density at radius 1 is 1.14 bits per heavy atom. The summed E-state index contributed by atoms with van der Waals surface area (Å²) in [6, 6.07) is 10.5. The SMILES string of the molecule is O=C(CCN1CCN(c2ccccc2)CC1)NCCCO. The zero-order valence-electron chi connectivity index (χ0n) is 12.5. The number of carbonyl (C=O) groups excluding carboxylic acids is 1. The van der Waals surface area contributed by atoms with Crippen LogP contribution in [0.25, 0.3) is 0 Å². The highest BCUT2D eigenvalue weighted by molar-refractivity contribution is 5.76. The van der Waals surface area contributed by atoms with Crippen molar-refractivity contribution < 1.29 is 9.90 Å². The molecule has 1 heterocycles. The van der Waals surface area contributed by atoms with Crippen molar-refractivity contribution in [2.45, 2.75) is 12.8 Å². The van der Waals surface area contributed by atoms with E-state index in [2.05, 4.69) is 39.4 Å². The van der Waals surface area contributed by atoms with Crippen molar-refractivity contribution in [3.05, 3.63) is 30.3 Å². The molecule has 1 amide bonds. The number of nitrogens with one attached hydrogen (secondary N) is 1. The van der Waals surface area contributed by atoms with Gasteiger partial charge in [-0.2, -0.15) is 0 Å². The van der Waals surface area contributed by atoms with Crippen molar-refractivity contribution in [1.82, 2.24) is 10.2 Å². The Kier molecular flexibility index (Phi) is 6.50. The second-order valence-corrected chi connectivity index (χ2v) is 5.34. The predicted molar refractivity (Wildman–Crippen MR) is 84.4 cm³/mol. The van der Waals surface area contributed by atoms with Crippen LogP contribution in [0.3, 0.4) is 0 Å². The van der Waals surface area contributed by atoms with Gasteiger partial charge in [0.15, 0.2) is 0 Å². The molecule has 0 aromatic heterocycles. The molecule has 116 valence electrons. The Morgan fingerprint density at radius 2 is 1.86 bits per heavy atom. The van der Waals surface area contributed by atoms with E-state index in [0.29, 0.717) is 19.4 Å². The Labute approximate surface area is 126 Å². The molecular formula is C16H25N3O2. The Morgan fingerprint density at radius 3 is 2.52 bits per heavy atom. The van der Waals surface area contributed by atoms with Crippen molar-refractivity contribution in [3.8, 4) is 0 Å². The molecule has 5 heteroatoms. The van der Waals surface area contributed by atoms with Gasteiger partial charge in [-0.1, -0.05) is 18.2 Å². The average Bonchev–Trinajstić information content (AvgIpc) is 2.54. The number of nitrogens with zero attached hydrogens (tertiary/aromatic N) is 2. The first-order chi connectivity index (χ1) is 10.3. The van der Waals surface area contributed by atoms with E-state index in [1.54, 1.807) is 0 Å². The summed E-state index contributed by atoms with van der Waals surface area (Å²) in [5.41, 5.74) is 1.28. The molecule has 0 spiro atoms. The predicted octanol–water partition coefficient (Wildman–Crippen LogP) is 0.697. The highest BCUT2D eigenvalue weighted by Gasteiger charge is 2.17. The van der Waals surface area contributed by atoms with E-state index in [1.807, 2.05) is 6.07 Å². The number of hydrogen-bond donors (Lipinski definition) is 2. The van der Waals surface area contributed by atoms with Crippen LogP contribution >= 0.6 is 0 Å². The summed E-state index contributed by atoms with van der Waals surface area (Å²) in [5, 5.41) is 11.5. The molecule has 0 saturated carbocycles. The molecule has 1 fully saturated rings. The van der Waals surface area contributed by atoms with Gasteiger partial charge >= 0.3 is 0 Å². The van der Waals surface area contributed by atoms with Gasteiger partial charge in [0.1, 0.15) is 0 Å². The smallest absolute Gasteiger partial charge is 0.221 e. The lowest BCUT2D eigenvalue weighted by Gasteiger charge is -2.36. The summed E-state index contributed by atoms with van der Waals surface area (Å²) in [6.45, 7) is 5.52. The van der Waals surface area contributed by atoms with Crippen LogP contribution in [0.4, 0.5) is 5.69 Å². The van der Waals surface area contributed by atoms with Gasteiger partial charge in [0, 0.05) is 58.0 Å². The van der Waals surface area contributed by atoms with Gasteiger partial charge in [-0.05, 0) is 18.6 Å². The molecule has 0 atom stereocenters. The number of hydrogen-bond acceptors (Lipinski definition) is 4. The third-order valence-corrected chi connectivity index (χ3v) is 3.81. The first kappa shape index (κ1) is 15.8. The summed E-state index contributed by atoms with van der Waals surface area (Å²) >= 11 is 0. The number of amides is 1. The number of para-hydroxylation sites is 1. The van der Waals surface area contributed by atoms with Crippen molar-refractivity contribution in [1.29, 1.82) is 0 Å². The van der Waals surface area contributed by atoms with Crippen LogP contribution in [0.5, 0.6) is 0 Å². The fourth-order valence-electron chi connectivity index (χ4n) is 2.52. The van der Waals surface area contributed by atoms with Gasteiger partial charge in [0.25, 0.3) is 0 Å². The molecule has 2 N–H and O–H groups in total. The quantitative estimate of drug-likeness (QED) is 0.726. The van der Waals surface area contributed by atoms with Gasteiger partial charge in [-0.15, -0.1) is 0 Å². The normalized spacial score (nSPS) is 16.0. The highest BCUT2D eigenvalue weighted by Crippen LogP contribution is 2.15. The van der Waals surface area contributed by atoms with E-state index in [9.17, 15) is 4.79 Å².